The minimum Gasteiger partial charge on any atom is -0.496 e. The number of amides is 1. The fourth-order valence-corrected chi connectivity index (χ4v) is 3.81. The highest BCUT2D eigenvalue weighted by atomic mass is 32.2. The Labute approximate surface area is 153 Å². The summed E-state index contributed by atoms with van der Waals surface area (Å²) in [6.45, 7) is 1.90. The molecule has 7 heteroatoms. The second-order valence-corrected chi connectivity index (χ2v) is 8.27. The van der Waals surface area contributed by atoms with E-state index in [4.69, 9.17) is 4.74 Å². The molecule has 1 heterocycles. The van der Waals surface area contributed by atoms with Crippen LogP contribution in [0, 0.1) is 0 Å². The van der Waals surface area contributed by atoms with Gasteiger partial charge in [-0.3, -0.25) is 4.79 Å². The molecular weight excluding hydrogens is 352 g/mol. The third kappa shape index (κ3) is 3.73. The van der Waals surface area contributed by atoms with E-state index in [1.807, 2.05) is 29.2 Å². The molecule has 1 unspecified atom stereocenters. The quantitative estimate of drug-likeness (QED) is 0.884. The monoisotopic (exact) mass is 374 g/mol. The molecule has 6 nitrogen and oxygen atoms in total. The van der Waals surface area contributed by atoms with Crippen LogP contribution in [-0.4, -0.2) is 52.2 Å². The molecule has 1 aliphatic heterocycles. The van der Waals surface area contributed by atoms with E-state index in [-0.39, 0.29) is 16.8 Å². The minimum absolute atomic E-state index is 0.123. The number of para-hydroxylation sites is 1. The number of nitrogens with one attached hydrogen (secondary N) is 1. The van der Waals surface area contributed by atoms with Crippen molar-refractivity contribution in [2.75, 3.05) is 33.0 Å². The molecule has 2 aromatic carbocycles. The first kappa shape index (κ1) is 18.4. The van der Waals surface area contributed by atoms with E-state index in [9.17, 15) is 13.2 Å². The summed E-state index contributed by atoms with van der Waals surface area (Å²) in [5.41, 5.74) is 1.42. The standard InChI is InChI=1S/C19H22N2O4S/c1-25-18-6-4-3-5-16(18)17-13-20-11-12-21(17)19(22)14-7-9-15(10-8-14)26(2,23)24/h3-10,17,20H,11-13H2,1-2H3. The Morgan fingerprint density at radius 3 is 2.50 bits per heavy atom. The molecule has 2 aromatic rings. The number of carbonyl (C=O) groups is 1. The van der Waals surface area contributed by atoms with Gasteiger partial charge in [0.2, 0.25) is 0 Å². The van der Waals surface area contributed by atoms with Gasteiger partial charge in [0.1, 0.15) is 5.75 Å². The molecule has 1 fully saturated rings. The Balaban J connectivity index is 1.91. The van der Waals surface area contributed by atoms with Gasteiger partial charge in [-0.2, -0.15) is 0 Å². The molecule has 1 aliphatic rings. The van der Waals surface area contributed by atoms with E-state index in [1.54, 1.807) is 19.2 Å². The van der Waals surface area contributed by atoms with Crippen molar-refractivity contribution in [2.24, 2.45) is 0 Å². The summed E-state index contributed by atoms with van der Waals surface area (Å²) >= 11 is 0. The third-order valence-electron chi connectivity index (χ3n) is 4.53. The summed E-state index contributed by atoms with van der Waals surface area (Å²) in [7, 11) is -1.67. The van der Waals surface area contributed by atoms with Crippen LogP contribution < -0.4 is 10.1 Å². The number of piperazine rings is 1. The maximum atomic E-state index is 13.1. The smallest absolute Gasteiger partial charge is 0.254 e. The van der Waals surface area contributed by atoms with E-state index >= 15 is 0 Å². The van der Waals surface area contributed by atoms with Gasteiger partial charge in [0.15, 0.2) is 9.84 Å². The van der Waals surface area contributed by atoms with Crippen molar-refractivity contribution in [1.29, 1.82) is 0 Å². The lowest BCUT2D eigenvalue weighted by molar-refractivity contribution is 0.0631. The third-order valence-corrected chi connectivity index (χ3v) is 5.66. The van der Waals surface area contributed by atoms with Crippen LogP contribution in [0.5, 0.6) is 5.75 Å². The minimum atomic E-state index is -3.28. The number of carbonyl (C=O) groups excluding carboxylic acids is 1. The number of benzene rings is 2. The highest BCUT2D eigenvalue weighted by Gasteiger charge is 2.30. The van der Waals surface area contributed by atoms with E-state index in [0.717, 1.165) is 17.6 Å². The Morgan fingerprint density at radius 1 is 1.15 bits per heavy atom. The summed E-state index contributed by atoms with van der Waals surface area (Å²) in [6, 6.07) is 13.6. The SMILES string of the molecule is COc1ccccc1C1CNCCN1C(=O)c1ccc(S(C)(=O)=O)cc1. The van der Waals surface area contributed by atoms with Crippen molar-refractivity contribution in [3.63, 3.8) is 0 Å². The van der Waals surface area contributed by atoms with Gasteiger partial charge >= 0.3 is 0 Å². The zero-order valence-corrected chi connectivity index (χ0v) is 15.6. The lowest BCUT2D eigenvalue weighted by Gasteiger charge is -2.37. The van der Waals surface area contributed by atoms with E-state index in [1.165, 1.54) is 12.1 Å². The number of hydrogen-bond donors (Lipinski definition) is 1. The van der Waals surface area contributed by atoms with Crippen molar-refractivity contribution in [3.05, 3.63) is 59.7 Å². The predicted octanol–water partition coefficient (Wildman–Crippen LogP) is 1.89. The molecule has 0 aliphatic carbocycles. The molecule has 0 aromatic heterocycles. The molecule has 0 spiro atoms. The van der Waals surface area contributed by atoms with Crippen LogP contribution in [0.2, 0.25) is 0 Å². The van der Waals surface area contributed by atoms with Crippen LogP contribution in [0.25, 0.3) is 0 Å². The number of methoxy groups -OCH3 is 1. The number of nitrogens with zero attached hydrogens (tertiary/aromatic N) is 1. The summed E-state index contributed by atoms with van der Waals surface area (Å²) in [5, 5.41) is 3.32. The fourth-order valence-electron chi connectivity index (χ4n) is 3.18. The first-order chi connectivity index (χ1) is 12.4. The lowest BCUT2D eigenvalue weighted by Crippen LogP contribution is -2.48. The topological polar surface area (TPSA) is 75.7 Å². The van der Waals surface area contributed by atoms with E-state index in [0.29, 0.717) is 25.2 Å². The second-order valence-electron chi connectivity index (χ2n) is 6.26. The Hall–Kier alpha value is -2.38. The average molecular weight is 374 g/mol. The van der Waals surface area contributed by atoms with Crippen molar-refractivity contribution < 1.29 is 17.9 Å². The highest BCUT2D eigenvalue weighted by Crippen LogP contribution is 2.31. The lowest BCUT2D eigenvalue weighted by atomic mass is 10.0. The Kier molecular flexibility index (Phi) is 5.29. The van der Waals surface area contributed by atoms with Crippen LogP contribution in [0.1, 0.15) is 22.0 Å². The normalized spacial score (nSPS) is 17.8. The molecule has 0 bridgehead atoms. The maximum Gasteiger partial charge on any atom is 0.254 e. The van der Waals surface area contributed by atoms with Crippen LogP contribution in [0.15, 0.2) is 53.4 Å². The van der Waals surface area contributed by atoms with Gasteiger partial charge in [-0.25, -0.2) is 8.42 Å². The van der Waals surface area contributed by atoms with Gasteiger partial charge in [0.25, 0.3) is 5.91 Å². The van der Waals surface area contributed by atoms with Crippen LogP contribution in [-0.2, 0) is 9.84 Å². The Morgan fingerprint density at radius 2 is 1.85 bits per heavy atom. The largest absolute Gasteiger partial charge is 0.496 e. The van der Waals surface area contributed by atoms with Gasteiger partial charge in [0.05, 0.1) is 18.0 Å². The molecule has 1 amide bonds. The van der Waals surface area contributed by atoms with Crippen LogP contribution >= 0.6 is 0 Å². The summed E-state index contributed by atoms with van der Waals surface area (Å²) in [5.74, 6) is 0.619. The van der Waals surface area contributed by atoms with Gasteiger partial charge < -0.3 is 15.0 Å². The number of ether oxygens (including phenoxy) is 1. The van der Waals surface area contributed by atoms with Gasteiger partial charge in [-0.05, 0) is 30.3 Å². The number of rotatable bonds is 4. The number of hydrogen-bond acceptors (Lipinski definition) is 5. The molecular formula is C19H22N2O4S. The van der Waals surface area contributed by atoms with Crippen LogP contribution in [0.4, 0.5) is 0 Å². The van der Waals surface area contributed by atoms with Crippen molar-refractivity contribution in [2.45, 2.75) is 10.9 Å². The summed E-state index contributed by atoms with van der Waals surface area (Å²) in [6.07, 6.45) is 1.15. The summed E-state index contributed by atoms with van der Waals surface area (Å²) in [4.78, 5) is 15.1. The molecule has 1 atom stereocenters. The average Bonchev–Trinajstić information content (AvgIpc) is 2.67. The van der Waals surface area contributed by atoms with Crippen molar-refractivity contribution in [3.8, 4) is 5.75 Å². The van der Waals surface area contributed by atoms with Gasteiger partial charge in [0, 0.05) is 37.0 Å². The molecule has 3 rings (SSSR count). The zero-order chi connectivity index (χ0) is 18.7. The molecule has 1 saturated heterocycles. The zero-order valence-electron chi connectivity index (χ0n) is 14.8. The molecule has 0 saturated carbocycles. The van der Waals surface area contributed by atoms with Gasteiger partial charge in [-0.1, -0.05) is 18.2 Å². The number of sulfone groups is 1. The first-order valence-electron chi connectivity index (χ1n) is 8.36. The summed E-state index contributed by atoms with van der Waals surface area (Å²) < 4.78 is 28.7. The van der Waals surface area contributed by atoms with Crippen LogP contribution in [0.3, 0.4) is 0 Å². The van der Waals surface area contributed by atoms with E-state index in [2.05, 4.69) is 5.32 Å². The first-order valence-corrected chi connectivity index (χ1v) is 10.3. The fraction of sp³-hybridized carbons (Fsp3) is 0.316. The second kappa shape index (κ2) is 7.47. The molecule has 0 radical (unpaired) electrons. The van der Waals surface area contributed by atoms with Crippen molar-refractivity contribution >= 4 is 15.7 Å². The molecule has 138 valence electrons. The van der Waals surface area contributed by atoms with Gasteiger partial charge in [-0.15, -0.1) is 0 Å². The van der Waals surface area contributed by atoms with Crippen molar-refractivity contribution in [1.82, 2.24) is 10.2 Å². The van der Waals surface area contributed by atoms with E-state index < -0.39 is 9.84 Å². The maximum absolute atomic E-state index is 13.1. The highest BCUT2D eigenvalue weighted by molar-refractivity contribution is 7.90. The Bertz CT molecular complexity index is 894. The predicted molar refractivity (Wildman–Crippen MR) is 99.2 cm³/mol. The molecule has 1 N–H and O–H groups in total. The molecule has 26 heavy (non-hydrogen) atoms.